The Kier molecular flexibility index (Phi) is 15.2. The Labute approximate surface area is 299 Å². The Morgan fingerprint density at radius 3 is 1.63 bits per heavy atom. The summed E-state index contributed by atoms with van der Waals surface area (Å²) in [5, 5.41) is 5.71. The fraction of sp³-hybridized carbons (Fsp3) is 0.487. The summed E-state index contributed by atoms with van der Waals surface area (Å²) < 4.78 is 33.0. The first kappa shape index (κ1) is 38.8. The minimum absolute atomic E-state index is 0.0150. The first-order chi connectivity index (χ1) is 24.6. The van der Waals surface area contributed by atoms with Gasteiger partial charge in [-0.3, -0.25) is 0 Å². The van der Waals surface area contributed by atoms with Crippen molar-refractivity contribution in [3.05, 3.63) is 85.0 Å². The Morgan fingerprint density at radius 1 is 0.686 bits per heavy atom. The third-order valence-corrected chi connectivity index (χ3v) is 9.17. The molecule has 0 aliphatic heterocycles. The lowest BCUT2D eigenvalue weighted by molar-refractivity contribution is -0.143. The Hall–Kier alpha value is -5.00. The summed E-state index contributed by atoms with van der Waals surface area (Å²) in [5.74, 6) is 2.08. The number of ether oxygens (including phenoxy) is 6. The van der Waals surface area contributed by atoms with E-state index in [0.717, 1.165) is 32.1 Å². The van der Waals surface area contributed by atoms with Crippen LogP contribution < -0.4 is 20.1 Å². The summed E-state index contributed by atoms with van der Waals surface area (Å²) in [6.45, 7) is 10.9. The number of carbonyl (C=O) groups is 4. The van der Waals surface area contributed by atoms with Gasteiger partial charge in [0.15, 0.2) is 12.2 Å². The molecule has 2 aliphatic carbocycles. The highest BCUT2D eigenvalue weighted by atomic mass is 16.6. The molecule has 6 unspecified atom stereocenters. The van der Waals surface area contributed by atoms with Gasteiger partial charge in [-0.25, -0.2) is 19.2 Å². The molecule has 51 heavy (non-hydrogen) atoms. The SMILES string of the molecule is C=C(C)C(=O)OCC(COc1ccccc1)OC(=O)NCCC1CC2CCC1C2CCNC(=O)OC(COC(=O)C(=C)C)COc1ccccc1. The second-order valence-corrected chi connectivity index (χ2v) is 13.2. The molecule has 4 rings (SSSR count). The van der Waals surface area contributed by atoms with Gasteiger partial charge in [-0.05, 0) is 93.9 Å². The van der Waals surface area contributed by atoms with Gasteiger partial charge in [-0.1, -0.05) is 49.6 Å². The molecular formula is C39H50N2O10. The van der Waals surface area contributed by atoms with Gasteiger partial charge in [-0.2, -0.15) is 0 Å². The lowest BCUT2D eigenvalue weighted by Gasteiger charge is -2.23. The molecule has 2 N–H and O–H groups in total. The van der Waals surface area contributed by atoms with E-state index in [9.17, 15) is 19.2 Å². The number of amides is 2. The molecule has 0 saturated heterocycles. The zero-order valence-electron chi connectivity index (χ0n) is 29.5. The summed E-state index contributed by atoms with van der Waals surface area (Å²) in [6, 6.07) is 18.2. The molecule has 2 bridgehead atoms. The quantitative estimate of drug-likeness (QED) is 0.0953. The Bertz CT molecular complexity index is 1470. The first-order valence-electron chi connectivity index (χ1n) is 17.5. The predicted octanol–water partition coefficient (Wildman–Crippen LogP) is 6.02. The second kappa shape index (κ2) is 20.0. The van der Waals surface area contributed by atoms with Gasteiger partial charge < -0.3 is 39.1 Å². The average Bonchev–Trinajstić information content (AvgIpc) is 3.67. The monoisotopic (exact) mass is 706 g/mol. The van der Waals surface area contributed by atoms with E-state index in [1.165, 1.54) is 0 Å². The number of carbonyl (C=O) groups excluding carboxylic acids is 4. The molecule has 276 valence electrons. The third-order valence-electron chi connectivity index (χ3n) is 9.17. The van der Waals surface area contributed by atoms with Gasteiger partial charge >= 0.3 is 24.1 Å². The van der Waals surface area contributed by atoms with Crippen LogP contribution in [0.3, 0.4) is 0 Å². The lowest BCUT2D eigenvalue weighted by Crippen LogP contribution is -2.36. The maximum Gasteiger partial charge on any atom is 0.407 e. The van der Waals surface area contributed by atoms with E-state index in [0.29, 0.717) is 48.3 Å². The highest BCUT2D eigenvalue weighted by molar-refractivity contribution is 5.87. The smallest absolute Gasteiger partial charge is 0.407 e. The van der Waals surface area contributed by atoms with Crippen molar-refractivity contribution in [2.75, 3.05) is 39.5 Å². The van der Waals surface area contributed by atoms with E-state index in [1.54, 1.807) is 38.1 Å². The third kappa shape index (κ3) is 13.0. The van der Waals surface area contributed by atoms with Gasteiger partial charge in [0, 0.05) is 24.2 Å². The summed E-state index contributed by atoms with van der Waals surface area (Å²) in [7, 11) is 0. The molecule has 12 heteroatoms. The van der Waals surface area contributed by atoms with Crippen LogP contribution in [0.4, 0.5) is 9.59 Å². The summed E-state index contributed by atoms with van der Waals surface area (Å²) >= 11 is 0. The zero-order valence-corrected chi connectivity index (χ0v) is 29.5. The molecule has 2 aromatic rings. The molecule has 2 aliphatic rings. The normalized spacial score (nSPS) is 19.9. The van der Waals surface area contributed by atoms with Crippen molar-refractivity contribution in [1.29, 1.82) is 0 Å². The molecule has 2 fully saturated rings. The number of alkyl carbamates (subject to hydrolysis) is 2. The van der Waals surface area contributed by atoms with Crippen LogP contribution in [0, 0.1) is 23.7 Å². The van der Waals surface area contributed by atoms with Crippen molar-refractivity contribution in [2.45, 2.75) is 58.2 Å². The number of benzene rings is 2. The largest absolute Gasteiger partial charge is 0.490 e. The molecule has 2 amide bonds. The van der Waals surface area contributed by atoms with Crippen LogP contribution in [0.2, 0.25) is 0 Å². The fourth-order valence-corrected chi connectivity index (χ4v) is 6.72. The van der Waals surface area contributed by atoms with Gasteiger partial charge in [0.25, 0.3) is 0 Å². The number of para-hydroxylation sites is 2. The number of nitrogens with one attached hydrogen (secondary N) is 2. The van der Waals surface area contributed by atoms with Crippen LogP contribution in [-0.4, -0.2) is 75.9 Å². The van der Waals surface area contributed by atoms with Crippen LogP contribution >= 0.6 is 0 Å². The van der Waals surface area contributed by atoms with Gasteiger partial charge in [0.2, 0.25) is 0 Å². The molecule has 0 spiro atoms. The molecule has 2 saturated carbocycles. The van der Waals surface area contributed by atoms with Crippen LogP contribution in [-0.2, 0) is 28.5 Å². The highest BCUT2D eigenvalue weighted by Gasteiger charge is 2.46. The number of rotatable bonds is 20. The predicted molar refractivity (Wildman–Crippen MR) is 189 cm³/mol. The molecule has 0 radical (unpaired) electrons. The standard InChI is InChI=1S/C39H50N2O10/c1-26(2)36(42)48-24-32(22-46-30-11-7-5-8-12-30)50-38(44)40-19-17-29-21-28-15-16-34(29)35(28)18-20-41-39(45)51-33(25-49-37(43)27(3)4)23-47-31-13-9-6-10-14-31/h5-14,28-29,32-35H,1,3,15-25H2,2,4H3,(H,40,44)(H,41,45). The number of fused-ring (bicyclic) bond motifs is 2. The van der Waals surface area contributed by atoms with Crippen molar-refractivity contribution >= 4 is 24.1 Å². The van der Waals surface area contributed by atoms with Crippen molar-refractivity contribution in [1.82, 2.24) is 10.6 Å². The topological polar surface area (TPSA) is 148 Å². The van der Waals surface area contributed by atoms with Crippen LogP contribution in [0.25, 0.3) is 0 Å². The van der Waals surface area contributed by atoms with E-state index in [1.807, 2.05) is 36.4 Å². The highest BCUT2D eigenvalue weighted by Crippen LogP contribution is 2.54. The molecular weight excluding hydrogens is 656 g/mol. The molecule has 12 nitrogen and oxygen atoms in total. The fourth-order valence-electron chi connectivity index (χ4n) is 6.72. The van der Waals surface area contributed by atoms with Crippen molar-refractivity contribution in [3.63, 3.8) is 0 Å². The minimum atomic E-state index is -0.808. The molecule has 0 heterocycles. The van der Waals surface area contributed by atoms with Crippen LogP contribution in [0.5, 0.6) is 11.5 Å². The van der Waals surface area contributed by atoms with Gasteiger partial charge in [-0.15, -0.1) is 0 Å². The number of hydrogen-bond donors (Lipinski definition) is 2. The zero-order chi connectivity index (χ0) is 36.6. The lowest BCUT2D eigenvalue weighted by atomic mass is 9.85. The second-order valence-electron chi connectivity index (χ2n) is 13.2. The number of esters is 2. The number of hydrogen-bond acceptors (Lipinski definition) is 10. The summed E-state index contributed by atoms with van der Waals surface area (Å²) in [6.07, 6.45) is 2.16. The molecule has 6 atom stereocenters. The van der Waals surface area contributed by atoms with E-state index in [2.05, 4.69) is 23.8 Å². The Balaban J connectivity index is 1.18. The van der Waals surface area contributed by atoms with Crippen LogP contribution in [0.15, 0.2) is 85.0 Å². The van der Waals surface area contributed by atoms with Crippen molar-refractivity contribution in [2.24, 2.45) is 23.7 Å². The van der Waals surface area contributed by atoms with E-state index in [4.69, 9.17) is 28.4 Å². The van der Waals surface area contributed by atoms with E-state index in [-0.39, 0.29) is 37.6 Å². The maximum absolute atomic E-state index is 12.7. The van der Waals surface area contributed by atoms with Crippen molar-refractivity contribution in [3.8, 4) is 11.5 Å². The molecule has 0 aromatic heterocycles. The summed E-state index contributed by atoms with van der Waals surface area (Å²) in [5.41, 5.74) is 0.499. The first-order valence-corrected chi connectivity index (χ1v) is 17.5. The van der Waals surface area contributed by atoms with E-state index < -0.39 is 36.3 Å². The van der Waals surface area contributed by atoms with Gasteiger partial charge in [0.05, 0.1) is 0 Å². The average molecular weight is 707 g/mol. The van der Waals surface area contributed by atoms with Gasteiger partial charge in [0.1, 0.15) is 37.9 Å². The molecule has 2 aromatic carbocycles. The minimum Gasteiger partial charge on any atom is -0.490 e. The Morgan fingerprint density at radius 2 is 1.16 bits per heavy atom. The van der Waals surface area contributed by atoms with Crippen LogP contribution in [0.1, 0.15) is 46.0 Å². The maximum atomic E-state index is 12.7. The summed E-state index contributed by atoms with van der Waals surface area (Å²) in [4.78, 5) is 49.3. The van der Waals surface area contributed by atoms with E-state index >= 15 is 0 Å². The van der Waals surface area contributed by atoms with Crippen molar-refractivity contribution < 1.29 is 47.6 Å².